The maximum Gasteiger partial charge on any atom is 0.552 e. The zero-order valence-corrected chi connectivity index (χ0v) is 20.8. The van der Waals surface area contributed by atoms with Crippen LogP contribution >= 0.6 is 23.2 Å². The van der Waals surface area contributed by atoms with Crippen molar-refractivity contribution < 1.29 is 43.1 Å². The van der Waals surface area contributed by atoms with Crippen molar-refractivity contribution in [2.24, 2.45) is 5.92 Å². The number of methoxy groups -OCH3 is 1. The van der Waals surface area contributed by atoms with Crippen LogP contribution < -0.4 is 10.6 Å². The molecular weight excluding hydrogens is 506 g/mol. The predicted molar refractivity (Wildman–Crippen MR) is 125 cm³/mol. The number of esters is 1. The molecule has 0 aromatic heterocycles. The SMILES string of the molecule is COC(=O)C[C@@]1(CC(=O)O)OB([C@H](CC(C)C)NC(=O)CNC(=O)c2cc(Cl)ccc2Cl)OC1=O. The molecular formula is C21H25BCl2N2O9. The molecule has 2 rings (SSSR count). The van der Waals surface area contributed by atoms with Gasteiger partial charge in [0.05, 0.1) is 43.0 Å². The van der Waals surface area contributed by atoms with E-state index in [2.05, 4.69) is 15.4 Å². The molecule has 2 amide bonds. The standard InChI is InChI=1S/C21H25BCl2N2O9/c1-11(2)6-15(22-34-20(32)21(35-22,8-17(28)29)9-18(30)33-3)26-16(27)10-25-19(31)13-7-12(23)4-5-14(13)24/h4-5,7,11,15H,6,8-10H2,1-3H3,(H,25,31)(H,26,27)(H,28,29)/t15-,21+/m0/s1. The van der Waals surface area contributed by atoms with Crippen molar-refractivity contribution in [1.29, 1.82) is 0 Å². The van der Waals surface area contributed by atoms with Gasteiger partial charge in [-0.3, -0.25) is 24.0 Å². The smallest absolute Gasteiger partial charge is 0.506 e. The van der Waals surface area contributed by atoms with Gasteiger partial charge in [-0.25, -0.2) is 0 Å². The summed E-state index contributed by atoms with van der Waals surface area (Å²) in [6.07, 6.45) is -1.24. The fourth-order valence-electron chi connectivity index (χ4n) is 3.44. The average molecular weight is 531 g/mol. The van der Waals surface area contributed by atoms with Gasteiger partial charge in [-0.15, -0.1) is 0 Å². The van der Waals surface area contributed by atoms with Gasteiger partial charge in [0.25, 0.3) is 5.91 Å². The van der Waals surface area contributed by atoms with Gasteiger partial charge in [-0.1, -0.05) is 37.0 Å². The number of hydrogen-bond acceptors (Lipinski definition) is 8. The summed E-state index contributed by atoms with van der Waals surface area (Å²) in [4.78, 5) is 60.7. The number of carbonyl (C=O) groups is 5. The zero-order chi connectivity index (χ0) is 26.3. The highest BCUT2D eigenvalue weighted by atomic mass is 35.5. The van der Waals surface area contributed by atoms with Crippen LogP contribution in [0.25, 0.3) is 0 Å². The van der Waals surface area contributed by atoms with Crippen LogP contribution in [0, 0.1) is 5.92 Å². The summed E-state index contributed by atoms with van der Waals surface area (Å²) >= 11 is 11.9. The highest BCUT2D eigenvalue weighted by molar-refractivity contribution is 6.51. The van der Waals surface area contributed by atoms with Crippen LogP contribution in [0.5, 0.6) is 0 Å². The van der Waals surface area contributed by atoms with Crippen LogP contribution in [0.2, 0.25) is 10.0 Å². The van der Waals surface area contributed by atoms with E-state index < -0.39 is 67.8 Å². The molecule has 1 aromatic carbocycles. The van der Waals surface area contributed by atoms with Crippen LogP contribution in [-0.4, -0.2) is 67.1 Å². The third-order valence-electron chi connectivity index (χ3n) is 5.01. The number of benzene rings is 1. The maximum atomic E-state index is 12.6. The molecule has 3 N–H and O–H groups in total. The molecule has 1 aliphatic heterocycles. The van der Waals surface area contributed by atoms with Gasteiger partial charge in [0.2, 0.25) is 5.91 Å². The largest absolute Gasteiger partial charge is 0.552 e. The molecule has 14 heteroatoms. The van der Waals surface area contributed by atoms with Crippen molar-refractivity contribution in [2.75, 3.05) is 13.7 Å². The summed E-state index contributed by atoms with van der Waals surface area (Å²) in [6.45, 7) is 3.25. The van der Waals surface area contributed by atoms with Crippen LogP contribution in [0.1, 0.15) is 43.5 Å². The number of halogens is 2. The van der Waals surface area contributed by atoms with E-state index in [1.54, 1.807) is 0 Å². The molecule has 0 radical (unpaired) electrons. The normalized spacial score (nSPS) is 18.1. The molecule has 35 heavy (non-hydrogen) atoms. The van der Waals surface area contributed by atoms with Crippen molar-refractivity contribution in [3.05, 3.63) is 33.8 Å². The van der Waals surface area contributed by atoms with E-state index in [0.29, 0.717) is 0 Å². The molecule has 11 nitrogen and oxygen atoms in total. The number of carboxylic acid groups (broad SMARTS) is 1. The highest BCUT2D eigenvalue weighted by Gasteiger charge is 2.58. The van der Waals surface area contributed by atoms with Crippen molar-refractivity contribution in [1.82, 2.24) is 10.6 Å². The first-order valence-electron chi connectivity index (χ1n) is 10.6. The van der Waals surface area contributed by atoms with Gasteiger partial charge in [0.1, 0.15) is 0 Å². The summed E-state index contributed by atoms with van der Waals surface area (Å²) in [5, 5.41) is 14.7. The monoisotopic (exact) mass is 530 g/mol. The molecule has 0 unspecified atom stereocenters. The Labute approximate surface area is 211 Å². The van der Waals surface area contributed by atoms with Crippen LogP contribution in [-0.2, 0) is 33.2 Å². The van der Waals surface area contributed by atoms with E-state index in [1.807, 2.05) is 13.8 Å². The first-order chi connectivity index (χ1) is 16.4. The van der Waals surface area contributed by atoms with E-state index in [4.69, 9.17) is 32.5 Å². The van der Waals surface area contributed by atoms with Gasteiger partial charge in [-0.05, 0) is 30.5 Å². The topological polar surface area (TPSA) is 157 Å². The Hall–Kier alpha value is -2.83. The number of carboxylic acids is 1. The Morgan fingerprint density at radius 1 is 1.20 bits per heavy atom. The second kappa shape index (κ2) is 12.2. The van der Waals surface area contributed by atoms with Gasteiger partial charge in [-0.2, -0.15) is 0 Å². The Balaban J connectivity index is 2.12. The summed E-state index contributed by atoms with van der Waals surface area (Å²) < 4.78 is 15.4. The lowest BCUT2D eigenvalue weighted by molar-refractivity contribution is -0.159. The molecule has 190 valence electrons. The number of rotatable bonds is 11. The van der Waals surface area contributed by atoms with Gasteiger partial charge in [0.15, 0.2) is 5.60 Å². The molecule has 1 saturated heterocycles. The van der Waals surface area contributed by atoms with E-state index in [-0.39, 0.29) is 27.9 Å². The Morgan fingerprint density at radius 2 is 1.89 bits per heavy atom. The van der Waals surface area contributed by atoms with Gasteiger partial charge < -0.3 is 29.8 Å². The molecule has 0 spiro atoms. The quantitative estimate of drug-likeness (QED) is 0.285. The van der Waals surface area contributed by atoms with E-state index in [0.717, 1.165) is 7.11 Å². The minimum atomic E-state index is -2.10. The molecule has 1 fully saturated rings. The van der Waals surface area contributed by atoms with Crippen molar-refractivity contribution in [2.45, 2.75) is 44.7 Å². The van der Waals surface area contributed by atoms with Crippen molar-refractivity contribution >= 4 is 60.0 Å². The van der Waals surface area contributed by atoms with Gasteiger partial charge >= 0.3 is 25.0 Å². The number of carbonyl (C=O) groups excluding carboxylic acids is 4. The zero-order valence-electron chi connectivity index (χ0n) is 19.3. The highest BCUT2D eigenvalue weighted by Crippen LogP contribution is 2.32. The third-order valence-corrected chi connectivity index (χ3v) is 5.58. The van der Waals surface area contributed by atoms with Crippen LogP contribution in [0.15, 0.2) is 18.2 Å². The van der Waals surface area contributed by atoms with E-state index in [9.17, 15) is 29.1 Å². The second-order valence-corrected chi connectivity index (χ2v) is 9.16. The minimum absolute atomic E-state index is 0.00228. The number of hydrogen-bond donors (Lipinski definition) is 3. The molecule has 0 aliphatic carbocycles. The second-order valence-electron chi connectivity index (χ2n) is 8.32. The van der Waals surface area contributed by atoms with E-state index >= 15 is 0 Å². The average Bonchev–Trinajstić information content (AvgIpc) is 3.07. The molecule has 0 bridgehead atoms. The van der Waals surface area contributed by atoms with Crippen molar-refractivity contribution in [3.8, 4) is 0 Å². The maximum absolute atomic E-state index is 12.6. The fourth-order valence-corrected chi connectivity index (χ4v) is 3.82. The summed E-state index contributed by atoms with van der Waals surface area (Å²) in [5.41, 5.74) is -2.01. The Morgan fingerprint density at radius 3 is 2.49 bits per heavy atom. The van der Waals surface area contributed by atoms with E-state index in [1.165, 1.54) is 18.2 Å². The minimum Gasteiger partial charge on any atom is -0.506 e. The molecule has 1 heterocycles. The number of aliphatic carboxylic acids is 1. The van der Waals surface area contributed by atoms with Crippen LogP contribution in [0.3, 0.4) is 0 Å². The summed E-state index contributed by atoms with van der Waals surface area (Å²) in [7, 11) is -0.280. The van der Waals surface area contributed by atoms with Crippen LogP contribution in [0.4, 0.5) is 0 Å². The summed E-state index contributed by atoms with van der Waals surface area (Å²) in [5.74, 6) is -5.47. The first kappa shape index (κ1) is 28.4. The third kappa shape index (κ3) is 7.84. The Bertz CT molecular complexity index is 1010. The van der Waals surface area contributed by atoms with Crippen molar-refractivity contribution in [3.63, 3.8) is 0 Å². The number of ether oxygens (including phenoxy) is 1. The molecule has 1 aliphatic rings. The lowest BCUT2D eigenvalue weighted by Crippen LogP contribution is -2.51. The first-order valence-corrected chi connectivity index (χ1v) is 11.3. The molecule has 0 saturated carbocycles. The lowest BCUT2D eigenvalue weighted by atomic mass is 9.74. The summed E-state index contributed by atoms with van der Waals surface area (Å²) in [6, 6.07) is 4.31. The molecule has 2 atom stereocenters. The fraction of sp³-hybridized carbons (Fsp3) is 0.476. The predicted octanol–water partition coefficient (Wildman–Crippen LogP) is 1.63. The Kier molecular flexibility index (Phi) is 9.93. The van der Waals surface area contributed by atoms with Gasteiger partial charge in [0, 0.05) is 5.02 Å². The number of nitrogens with one attached hydrogen (secondary N) is 2. The molecule has 1 aromatic rings. The lowest BCUT2D eigenvalue weighted by Gasteiger charge is -2.24. The number of amides is 2.